The molecule has 0 aromatic rings. The fourth-order valence-electron chi connectivity index (χ4n) is 1.69. The van der Waals surface area contributed by atoms with Crippen LogP contribution in [-0.2, 0) is 4.79 Å². The largest absolute Gasteiger partial charge is 0.480 e. The molecule has 2 saturated heterocycles. The second-order valence-electron chi connectivity index (χ2n) is 3.31. The average molecular weight is 205 g/mol. The Balaban J connectivity index is 2.01. The lowest BCUT2D eigenvalue weighted by atomic mass is 10.0. The van der Waals surface area contributed by atoms with Crippen molar-refractivity contribution >= 4 is 27.6 Å². The predicted octanol–water partition coefficient (Wildman–Crippen LogP) is 0.957. The molecule has 2 rings (SSSR count). The second kappa shape index (κ2) is 3.12. The number of carbonyl (C=O) groups is 1. The Kier molecular flexibility index (Phi) is 2.27. The van der Waals surface area contributed by atoms with Crippen molar-refractivity contribution in [3.8, 4) is 0 Å². The fraction of sp³-hybridized carbons (Fsp3) is 0.857. The van der Waals surface area contributed by atoms with E-state index in [0.29, 0.717) is 0 Å². The zero-order chi connectivity index (χ0) is 8.60. The van der Waals surface area contributed by atoms with Gasteiger partial charge in [0.2, 0.25) is 0 Å². The van der Waals surface area contributed by atoms with Crippen LogP contribution in [0.2, 0.25) is 0 Å². The van der Waals surface area contributed by atoms with E-state index in [2.05, 4.69) is 5.32 Å². The van der Waals surface area contributed by atoms with Gasteiger partial charge in [-0.3, -0.25) is 4.79 Å². The smallest absolute Gasteiger partial charge is 0.320 e. The number of aliphatic carboxylic acids is 1. The van der Waals surface area contributed by atoms with E-state index in [1.807, 2.05) is 21.6 Å². The first-order valence-electron chi connectivity index (χ1n) is 3.99. The van der Waals surface area contributed by atoms with E-state index < -0.39 is 5.97 Å². The molecule has 0 radical (unpaired) electrons. The zero-order valence-corrected chi connectivity index (χ0v) is 8.21. The van der Waals surface area contributed by atoms with Gasteiger partial charge in [-0.25, -0.2) is 0 Å². The summed E-state index contributed by atoms with van der Waals surface area (Å²) in [6.07, 6.45) is 1.94. The standard InChI is InChI=1S/C7H11NO2S2/c9-6(10)5-3-7(4-8-5)1-2-11-12-7/h5,8H,1-4H2,(H,9,10). The van der Waals surface area contributed by atoms with Gasteiger partial charge in [0, 0.05) is 17.0 Å². The highest BCUT2D eigenvalue weighted by atomic mass is 33.1. The molecule has 2 heterocycles. The number of carboxylic acids is 1. The molecule has 5 heteroatoms. The first-order chi connectivity index (χ1) is 5.72. The highest BCUT2D eigenvalue weighted by Gasteiger charge is 2.44. The minimum atomic E-state index is -0.704. The molecule has 0 aromatic heterocycles. The van der Waals surface area contributed by atoms with E-state index in [0.717, 1.165) is 19.4 Å². The van der Waals surface area contributed by atoms with Crippen molar-refractivity contribution in [1.82, 2.24) is 5.32 Å². The molecule has 2 fully saturated rings. The Bertz CT molecular complexity index is 204. The Hall–Kier alpha value is 0.130. The van der Waals surface area contributed by atoms with Crippen LogP contribution in [0.1, 0.15) is 12.8 Å². The van der Waals surface area contributed by atoms with E-state index in [1.54, 1.807) is 0 Å². The van der Waals surface area contributed by atoms with Gasteiger partial charge in [-0.2, -0.15) is 0 Å². The summed E-state index contributed by atoms with van der Waals surface area (Å²) in [7, 11) is 3.73. The molecule has 1 spiro atoms. The molecule has 12 heavy (non-hydrogen) atoms. The van der Waals surface area contributed by atoms with Crippen LogP contribution >= 0.6 is 21.6 Å². The minimum Gasteiger partial charge on any atom is -0.480 e. The molecule has 2 N–H and O–H groups in total. The Morgan fingerprint density at radius 2 is 2.50 bits per heavy atom. The molecule has 2 aliphatic rings. The van der Waals surface area contributed by atoms with Gasteiger partial charge in [0.15, 0.2) is 0 Å². The van der Waals surface area contributed by atoms with Gasteiger partial charge in [0.1, 0.15) is 6.04 Å². The lowest BCUT2D eigenvalue weighted by Gasteiger charge is -2.17. The van der Waals surface area contributed by atoms with Crippen LogP contribution in [0.5, 0.6) is 0 Å². The summed E-state index contributed by atoms with van der Waals surface area (Å²) in [6, 6.07) is -0.309. The van der Waals surface area contributed by atoms with Crippen molar-refractivity contribution in [3.05, 3.63) is 0 Å². The van der Waals surface area contributed by atoms with Gasteiger partial charge in [-0.15, -0.1) is 0 Å². The third kappa shape index (κ3) is 1.45. The molecular weight excluding hydrogens is 194 g/mol. The maximum absolute atomic E-state index is 10.7. The molecule has 2 aliphatic heterocycles. The SMILES string of the molecule is O=C(O)C1CC2(CCSS2)CN1. The number of carboxylic acid groups (broad SMARTS) is 1. The first kappa shape index (κ1) is 8.72. The third-order valence-electron chi connectivity index (χ3n) is 2.42. The van der Waals surface area contributed by atoms with Crippen molar-refractivity contribution in [3.63, 3.8) is 0 Å². The molecule has 0 amide bonds. The summed E-state index contributed by atoms with van der Waals surface area (Å²) < 4.78 is 0.230. The summed E-state index contributed by atoms with van der Waals surface area (Å²) in [5.41, 5.74) is 0. The van der Waals surface area contributed by atoms with Gasteiger partial charge < -0.3 is 10.4 Å². The van der Waals surface area contributed by atoms with E-state index in [-0.39, 0.29) is 10.8 Å². The molecule has 0 aromatic carbocycles. The lowest BCUT2D eigenvalue weighted by Crippen LogP contribution is -2.30. The second-order valence-corrected chi connectivity index (χ2v) is 6.20. The van der Waals surface area contributed by atoms with Crippen LogP contribution in [0.3, 0.4) is 0 Å². The normalized spacial score (nSPS) is 40.8. The van der Waals surface area contributed by atoms with Gasteiger partial charge in [0.05, 0.1) is 0 Å². The number of nitrogens with one attached hydrogen (secondary N) is 1. The third-order valence-corrected chi connectivity index (χ3v) is 5.69. The van der Waals surface area contributed by atoms with Crippen LogP contribution in [0.15, 0.2) is 0 Å². The van der Waals surface area contributed by atoms with E-state index in [4.69, 9.17) is 5.11 Å². The molecule has 2 unspecified atom stereocenters. The van der Waals surface area contributed by atoms with Crippen molar-refractivity contribution in [2.75, 3.05) is 12.3 Å². The van der Waals surface area contributed by atoms with Crippen LogP contribution in [0.4, 0.5) is 0 Å². The highest BCUT2D eigenvalue weighted by molar-refractivity contribution is 8.77. The summed E-state index contributed by atoms with van der Waals surface area (Å²) in [6.45, 7) is 0.863. The Morgan fingerprint density at radius 3 is 3.00 bits per heavy atom. The van der Waals surface area contributed by atoms with E-state index in [9.17, 15) is 4.79 Å². The molecule has 0 aliphatic carbocycles. The van der Waals surface area contributed by atoms with Crippen LogP contribution in [-0.4, -0.2) is 34.2 Å². The molecule has 68 valence electrons. The van der Waals surface area contributed by atoms with E-state index >= 15 is 0 Å². The Morgan fingerprint density at radius 1 is 1.67 bits per heavy atom. The maximum Gasteiger partial charge on any atom is 0.320 e. The van der Waals surface area contributed by atoms with E-state index in [1.165, 1.54) is 5.75 Å². The predicted molar refractivity (Wildman–Crippen MR) is 51.4 cm³/mol. The van der Waals surface area contributed by atoms with Gasteiger partial charge >= 0.3 is 5.97 Å². The number of hydrogen-bond donors (Lipinski definition) is 2. The van der Waals surface area contributed by atoms with Crippen molar-refractivity contribution < 1.29 is 9.90 Å². The average Bonchev–Trinajstić information content (AvgIpc) is 2.62. The zero-order valence-electron chi connectivity index (χ0n) is 6.58. The lowest BCUT2D eigenvalue weighted by molar-refractivity contribution is -0.139. The van der Waals surface area contributed by atoms with Crippen LogP contribution < -0.4 is 5.32 Å². The first-order valence-corrected chi connectivity index (χ1v) is 6.31. The van der Waals surface area contributed by atoms with Crippen LogP contribution in [0.25, 0.3) is 0 Å². The van der Waals surface area contributed by atoms with Crippen molar-refractivity contribution in [2.45, 2.75) is 23.6 Å². The summed E-state index contributed by atoms with van der Waals surface area (Å²) >= 11 is 0. The quantitative estimate of drug-likeness (QED) is 0.624. The number of rotatable bonds is 1. The summed E-state index contributed by atoms with van der Waals surface area (Å²) in [5, 5.41) is 11.8. The topological polar surface area (TPSA) is 49.3 Å². The molecular formula is C7H11NO2S2. The van der Waals surface area contributed by atoms with Gasteiger partial charge in [0.25, 0.3) is 0 Å². The highest BCUT2D eigenvalue weighted by Crippen LogP contribution is 2.50. The van der Waals surface area contributed by atoms with Gasteiger partial charge in [-0.1, -0.05) is 21.6 Å². The summed E-state index contributed by atoms with van der Waals surface area (Å²) in [4.78, 5) is 10.7. The summed E-state index contributed by atoms with van der Waals surface area (Å²) in [5.74, 6) is 0.461. The molecule has 0 bridgehead atoms. The van der Waals surface area contributed by atoms with Crippen molar-refractivity contribution in [1.29, 1.82) is 0 Å². The van der Waals surface area contributed by atoms with Crippen LogP contribution in [0, 0.1) is 0 Å². The monoisotopic (exact) mass is 205 g/mol. The Labute approximate surface area is 79.1 Å². The van der Waals surface area contributed by atoms with Gasteiger partial charge in [-0.05, 0) is 12.8 Å². The molecule has 3 nitrogen and oxygen atoms in total. The fourth-order valence-corrected chi connectivity index (χ4v) is 5.07. The minimum absolute atomic E-state index is 0.230. The molecule has 0 saturated carbocycles. The molecule has 2 atom stereocenters. The number of hydrogen-bond acceptors (Lipinski definition) is 4. The maximum atomic E-state index is 10.7. The van der Waals surface area contributed by atoms with Crippen molar-refractivity contribution in [2.24, 2.45) is 0 Å².